The van der Waals surface area contributed by atoms with Crippen LogP contribution in [-0.2, 0) is 33.4 Å². The summed E-state index contributed by atoms with van der Waals surface area (Å²) in [6.45, 7) is 0. The summed E-state index contributed by atoms with van der Waals surface area (Å²) in [6, 6.07) is 0. The summed E-state index contributed by atoms with van der Waals surface area (Å²) in [4.78, 5) is 62.0. The van der Waals surface area contributed by atoms with Crippen molar-refractivity contribution in [2.24, 2.45) is 58.2 Å². The normalized spacial score (nSPS) is 58.9. The quantitative estimate of drug-likeness (QED) is 0.455. The van der Waals surface area contributed by atoms with E-state index in [0.717, 1.165) is 19.3 Å². The van der Waals surface area contributed by atoms with Crippen LogP contribution in [0.5, 0.6) is 0 Å². The molecule has 0 aromatic rings. The Bertz CT molecular complexity index is 906. The van der Waals surface area contributed by atoms with Crippen LogP contribution >= 0.6 is 0 Å². The Balaban J connectivity index is 1.24. The molecule has 140 valence electrons. The second-order valence-corrected chi connectivity index (χ2v) is 9.92. The van der Waals surface area contributed by atoms with Crippen LogP contribution in [0.3, 0.4) is 0 Å². The number of hydrogen-bond acceptors (Lipinski definition) is 7. The highest BCUT2D eigenvalue weighted by Crippen LogP contribution is 2.78. The lowest BCUT2D eigenvalue weighted by molar-refractivity contribution is -0.202. The Morgan fingerprint density at radius 3 is 2.11 bits per heavy atom. The number of rotatable bonds is 0. The molecule has 0 N–H and O–H groups in total. The fourth-order valence-corrected chi connectivity index (χ4v) is 8.76. The van der Waals surface area contributed by atoms with Crippen molar-refractivity contribution in [3.8, 4) is 0 Å². The molecule has 5 aliphatic carbocycles. The van der Waals surface area contributed by atoms with Crippen molar-refractivity contribution in [2.45, 2.75) is 32.1 Å². The third-order valence-corrected chi connectivity index (χ3v) is 9.57. The van der Waals surface area contributed by atoms with E-state index in [0.29, 0.717) is 12.8 Å². The lowest BCUT2D eigenvalue weighted by atomic mass is 9.35. The molecular formula is C20H18O7. The molecule has 7 aliphatic rings. The molecule has 7 nitrogen and oxygen atoms in total. The second kappa shape index (κ2) is 4.03. The smallest absolute Gasteiger partial charge is 0.317 e. The predicted octanol–water partition coefficient (Wildman–Crippen LogP) is 0.643. The Morgan fingerprint density at radius 2 is 1.33 bits per heavy atom. The van der Waals surface area contributed by atoms with Crippen LogP contribution < -0.4 is 0 Å². The largest absolute Gasteiger partial charge is 0.393 e. The minimum atomic E-state index is -0.544. The highest BCUT2D eigenvalue weighted by Gasteiger charge is 2.82. The minimum Gasteiger partial charge on any atom is -0.393 e. The van der Waals surface area contributed by atoms with Gasteiger partial charge in [-0.3, -0.25) is 24.0 Å². The Hall–Kier alpha value is -2.05. The third-order valence-electron chi connectivity index (χ3n) is 9.57. The number of ketones is 1. The monoisotopic (exact) mass is 370 g/mol. The molecule has 2 aliphatic heterocycles. The maximum Gasteiger partial charge on any atom is 0.317 e. The van der Waals surface area contributed by atoms with Gasteiger partial charge in [-0.15, -0.1) is 0 Å². The van der Waals surface area contributed by atoms with Crippen molar-refractivity contribution in [1.82, 2.24) is 0 Å². The molecule has 0 aromatic heterocycles. The molecular weight excluding hydrogens is 352 g/mol. The van der Waals surface area contributed by atoms with E-state index in [1.807, 2.05) is 0 Å². The maximum atomic E-state index is 13.8. The van der Waals surface area contributed by atoms with Gasteiger partial charge in [0.2, 0.25) is 0 Å². The summed E-state index contributed by atoms with van der Waals surface area (Å²) in [5.41, 5.74) is -1.07. The number of esters is 4. The van der Waals surface area contributed by atoms with Gasteiger partial charge in [0.25, 0.3) is 0 Å². The van der Waals surface area contributed by atoms with E-state index >= 15 is 0 Å². The van der Waals surface area contributed by atoms with Crippen LogP contribution in [0.1, 0.15) is 32.1 Å². The maximum absolute atomic E-state index is 13.8. The van der Waals surface area contributed by atoms with E-state index in [-0.39, 0.29) is 41.3 Å². The van der Waals surface area contributed by atoms with Gasteiger partial charge in [0.15, 0.2) is 0 Å². The lowest BCUT2D eigenvalue weighted by Gasteiger charge is -2.64. The van der Waals surface area contributed by atoms with E-state index in [1.54, 1.807) is 0 Å². The summed E-state index contributed by atoms with van der Waals surface area (Å²) in [5.74, 6) is -3.18. The number of fused-ring (bicyclic) bond motifs is 11. The van der Waals surface area contributed by atoms with Crippen molar-refractivity contribution in [3.63, 3.8) is 0 Å². The van der Waals surface area contributed by atoms with Gasteiger partial charge in [0.05, 0.1) is 23.7 Å². The third kappa shape index (κ3) is 1.28. The lowest BCUT2D eigenvalue weighted by Crippen LogP contribution is -2.68. The van der Waals surface area contributed by atoms with E-state index < -0.39 is 46.5 Å². The van der Waals surface area contributed by atoms with E-state index in [9.17, 15) is 24.0 Å². The van der Waals surface area contributed by atoms with E-state index in [4.69, 9.17) is 9.47 Å². The fourth-order valence-electron chi connectivity index (χ4n) is 8.76. The van der Waals surface area contributed by atoms with Gasteiger partial charge in [0, 0.05) is 10.8 Å². The Labute approximate surface area is 154 Å². The molecule has 2 heterocycles. The number of Topliss-reactive ketones (excluding diaryl/α,β-unsaturated/α-hetero) is 1. The average Bonchev–Trinajstić information content (AvgIpc) is 3.33. The summed E-state index contributed by atoms with van der Waals surface area (Å²) < 4.78 is 9.71. The van der Waals surface area contributed by atoms with Gasteiger partial charge >= 0.3 is 23.9 Å². The number of hydrogen-bond donors (Lipinski definition) is 0. The molecule has 7 heteroatoms. The van der Waals surface area contributed by atoms with Crippen LogP contribution in [0.4, 0.5) is 0 Å². The second-order valence-electron chi connectivity index (χ2n) is 9.92. The molecule has 2 saturated heterocycles. The SMILES string of the molecule is O=C1OC(=O)[C@H]2C3[C@H](C[C@]34CC[C@]3(C[C@@H]5C[C@H]3[C@H]3C(=O)OC(=O)[C@@H]53)C4=O)[C@@H]12. The molecule has 0 amide bonds. The van der Waals surface area contributed by atoms with Gasteiger partial charge in [0.1, 0.15) is 5.78 Å². The molecule has 2 spiro atoms. The molecule has 27 heavy (non-hydrogen) atoms. The van der Waals surface area contributed by atoms with Crippen LogP contribution in [-0.4, -0.2) is 29.7 Å². The number of carbonyl (C=O) groups excluding carboxylic acids is 5. The van der Waals surface area contributed by atoms with Crippen molar-refractivity contribution < 1.29 is 33.4 Å². The van der Waals surface area contributed by atoms with Crippen molar-refractivity contribution >= 4 is 29.7 Å². The van der Waals surface area contributed by atoms with Crippen molar-refractivity contribution in [1.29, 1.82) is 0 Å². The first-order valence-corrected chi connectivity index (χ1v) is 9.95. The summed E-state index contributed by atoms with van der Waals surface area (Å²) >= 11 is 0. The summed E-state index contributed by atoms with van der Waals surface area (Å²) in [5, 5.41) is 0. The van der Waals surface area contributed by atoms with Crippen LogP contribution in [0.15, 0.2) is 0 Å². The van der Waals surface area contributed by atoms with Gasteiger partial charge in [-0.1, -0.05) is 0 Å². The van der Waals surface area contributed by atoms with Crippen molar-refractivity contribution in [2.75, 3.05) is 0 Å². The molecule has 7 rings (SSSR count). The molecule has 7 fully saturated rings. The molecule has 2 bridgehead atoms. The Morgan fingerprint density at radius 1 is 0.704 bits per heavy atom. The van der Waals surface area contributed by atoms with Crippen molar-refractivity contribution in [3.05, 3.63) is 0 Å². The van der Waals surface area contributed by atoms with Gasteiger partial charge in [-0.2, -0.15) is 0 Å². The van der Waals surface area contributed by atoms with Gasteiger partial charge in [-0.05, 0) is 55.8 Å². The zero-order chi connectivity index (χ0) is 18.5. The van der Waals surface area contributed by atoms with Crippen LogP contribution in [0, 0.1) is 58.2 Å². The first kappa shape index (κ1) is 14.9. The number of carbonyl (C=O) groups is 5. The topological polar surface area (TPSA) is 104 Å². The summed E-state index contributed by atoms with van der Waals surface area (Å²) in [6.07, 6.45) is 3.52. The molecule has 5 saturated carbocycles. The first-order valence-electron chi connectivity index (χ1n) is 9.95. The zero-order valence-electron chi connectivity index (χ0n) is 14.5. The van der Waals surface area contributed by atoms with E-state index in [1.165, 1.54) is 0 Å². The van der Waals surface area contributed by atoms with Crippen LogP contribution in [0.25, 0.3) is 0 Å². The average molecular weight is 370 g/mol. The molecule has 1 unspecified atom stereocenters. The molecule has 0 aromatic carbocycles. The first-order chi connectivity index (χ1) is 12.9. The molecule has 10 atom stereocenters. The molecule has 0 radical (unpaired) electrons. The summed E-state index contributed by atoms with van der Waals surface area (Å²) in [7, 11) is 0. The minimum absolute atomic E-state index is 0.0566. The zero-order valence-corrected chi connectivity index (χ0v) is 14.5. The van der Waals surface area contributed by atoms with Crippen LogP contribution in [0.2, 0.25) is 0 Å². The number of ether oxygens (including phenoxy) is 2. The standard InChI is InChI=1S/C20H18O7/c21-14-9-6-3-8(11(9)16(23)26-14)19(4-6)1-2-20(18(19)25)5-7-10-12(13(7)20)17(24)27-15(10)22/h6-13H,1-5H2/t6-,7+,8-,9-,10+,11+,12+,13?,19+,20+/m0/s1. The van der Waals surface area contributed by atoms with Gasteiger partial charge < -0.3 is 9.47 Å². The Kier molecular flexibility index (Phi) is 2.23. The number of cyclic esters (lactones) is 4. The highest BCUT2D eigenvalue weighted by molar-refractivity contribution is 6.04. The van der Waals surface area contributed by atoms with E-state index in [2.05, 4.69) is 0 Å². The highest BCUT2D eigenvalue weighted by atomic mass is 16.6. The predicted molar refractivity (Wildman–Crippen MR) is 83.1 cm³/mol. The fraction of sp³-hybridized carbons (Fsp3) is 0.750. The van der Waals surface area contributed by atoms with Gasteiger partial charge in [-0.25, -0.2) is 0 Å².